The number of furan rings is 1. The van der Waals surface area contributed by atoms with Crippen molar-refractivity contribution in [1.82, 2.24) is 10.2 Å². The van der Waals surface area contributed by atoms with Crippen molar-refractivity contribution in [3.8, 4) is 0 Å². The van der Waals surface area contributed by atoms with Crippen LogP contribution in [0.4, 0.5) is 0 Å². The Labute approximate surface area is 116 Å². The summed E-state index contributed by atoms with van der Waals surface area (Å²) in [5.74, 6) is 1.74. The summed E-state index contributed by atoms with van der Waals surface area (Å²) in [6.07, 6.45) is 3.33. The maximum Gasteiger partial charge on any atom is 0.122 e. The zero-order valence-electron chi connectivity index (χ0n) is 12.3. The maximum absolute atomic E-state index is 5.59. The number of hydrogen-bond donors (Lipinski definition) is 1. The lowest BCUT2D eigenvalue weighted by Crippen LogP contribution is -2.24. The Hall–Kier alpha value is -0.840. The molecule has 0 saturated carbocycles. The predicted octanol–water partition coefficient (Wildman–Crippen LogP) is 2.25. The molecule has 0 aliphatic carbocycles. The lowest BCUT2D eigenvalue weighted by Gasteiger charge is -2.15. The van der Waals surface area contributed by atoms with Gasteiger partial charge in [-0.15, -0.1) is 0 Å². The van der Waals surface area contributed by atoms with Gasteiger partial charge < -0.3 is 14.5 Å². The van der Waals surface area contributed by atoms with E-state index < -0.39 is 0 Å². The summed E-state index contributed by atoms with van der Waals surface area (Å²) in [6, 6.07) is 2.09. The van der Waals surface area contributed by atoms with Gasteiger partial charge in [-0.1, -0.05) is 13.8 Å². The highest BCUT2D eigenvalue weighted by atomic mass is 16.5. The third kappa shape index (κ3) is 4.34. The molecule has 1 unspecified atom stereocenters. The minimum atomic E-state index is 0.398. The van der Waals surface area contributed by atoms with E-state index in [-0.39, 0.29) is 0 Å². The molecule has 2 heterocycles. The fourth-order valence-corrected chi connectivity index (χ4v) is 2.51. The van der Waals surface area contributed by atoms with Crippen LogP contribution in [0.15, 0.2) is 16.7 Å². The molecule has 0 bridgehead atoms. The molecule has 1 aliphatic rings. The number of nitrogens with one attached hydrogen (secondary N) is 1. The van der Waals surface area contributed by atoms with Crippen LogP contribution >= 0.6 is 0 Å². The molecule has 1 N–H and O–H groups in total. The molecular weight excluding hydrogens is 240 g/mol. The Morgan fingerprint density at radius 2 is 2.37 bits per heavy atom. The van der Waals surface area contributed by atoms with Gasteiger partial charge in [0.15, 0.2) is 0 Å². The Bertz CT molecular complexity index is 376. The number of methoxy groups -OCH3 is 1. The monoisotopic (exact) mass is 266 g/mol. The summed E-state index contributed by atoms with van der Waals surface area (Å²) < 4.78 is 11.0. The summed E-state index contributed by atoms with van der Waals surface area (Å²) in [5, 5.41) is 3.44. The van der Waals surface area contributed by atoms with Crippen molar-refractivity contribution in [2.75, 3.05) is 26.7 Å². The number of nitrogens with zero attached hydrogens (tertiary/aromatic N) is 1. The van der Waals surface area contributed by atoms with E-state index in [9.17, 15) is 0 Å². The molecule has 0 radical (unpaired) electrons. The van der Waals surface area contributed by atoms with Crippen LogP contribution in [-0.2, 0) is 17.8 Å². The van der Waals surface area contributed by atoms with Gasteiger partial charge in [-0.25, -0.2) is 0 Å². The molecule has 1 fully saturated rings. The van der Waals surface area contributed by atoms with Crippen LogP contribution in [-0.4, -0.2) is 37.7 Å². The van der Waals surface area contributed by atoms with E-state index in [0.717, 1.165) is 44.9 Å². The van der Waals surface area contributed by atoms with Gasteiger partial charge >= 0.3 is 0 Å². The minimum Gasteiger partial charge on any atom is -0.468 e. The third-order valence-corrected chi connectivity index (χ3v) is 3.63. The topological polar surface area (TPSA) is 37.6 Å². The van der Waals surface area contributed by atoms with E-state index in [1.165, 1.54) is 5.56 Å². The molecule has 1 aliphatic heterocycles. The Balaban J connectivity index is 1.82. The molecule has 0 spiro atoms. The minimum absolute atomic E-state index is 0.398. The second-order valence-electron chi connectivity index (χ2n) is 5.78. The van der Waals surface area contributed by atoms with E-state index in [0.29, 0.717) is 12.0 Å². The Morgan fingerprint density at radius 1 is 1.53 bits per heavy atom. The van der Waals surface area contributed by atoms with E-state index >= 15 is 0 Å². The van der Waals surface area contributed by atoms with Crippen LogP contribution in [0.2, 0.25) is 0 Å². The van der Waals surface area contributed by atoms with Gasteiger partial charge in [-0.3, -0.25) is 4.90 Å². The molecule has 0 aromatic carbocycles. The normalized spacial score (nSPS) is 20.5. The molecule has 19 heavy (non-hydrogen) atoms. The van der Waals surface area contributed by atoms with Gasteiger partial charge in [0.25, 0.3) is 0 Å². The fourth-order valence-electron chi connectivity index (χ4n) is 2.51. The van der Waals surface area contributed by atoms with Crippen LogP contribution in [0.5, 0.6) is 0 Å². The molecule has 1 aromatic rings. The van der Waals surface area contributed by atoms with Crippen molar-refractivity contribution >= 4 is 0 Å². The lowest BCUT2D eigenvalue weighted by atomic mass is 10.2. The third-order valence-electron chi connectivity index (χ3n) is 3.63. The van der Waals surface area contributed by atoms with Crippen molar-refractivity contribution < 1.29 is 9.15 Å². The summed E-state index contributed by atoms with van der Waals surface area (Å²) in [6.45, 7) is 9.38. The van der Waals surface area contributed by atoms with Crippen molar-refractivity contribution in [1.29, 1.82) is 0 Å². The van der Waals surface area contributed by atoms with Crippen LogP contribution in [0.1, 0.15) is 31.6 Å². The van der Waals surface area contributed by atoms with Crippen LogP contribution in [0.3, 0.4) is 0 Å². The molecule has 0 amide bonds. The predicted molar refractivity (Wildman–Crippen MR) is 75.9 cm³/mol. The molecule has 1 atom stereocenters. The van der Waals surface area contributed by atoms with Crippen LogP contribution in [0.25, 0.3) is 0 Å². The first-order valence-electron chi connectivity index (χ1n) is 7.20. The van der Waals surface area contributed by atoms with Gasteiger partial charge in [-0.2, -0.15) is 0 Å². The Kier molecular flexibility index (Phi) is 5.43. The fraction of sp³-hybridized carbons (Fsp3) is 0.733. The zero-order valence-corrected chi connectivity index (χ0v) is 12.3. The van der Waals surface area contributed by atoms with E-state index in [1.54, 1.807) is 13.4 Å². The smallest absolute Gasteiger partial charge is 0.122 e. The first-order valence-corrected chi connectivity index (χ1v) is 7.20. The summed E-state index contributed by atoms with van der Waals surface area (Å²) in [5.41, 5.74) is 1.30. The molecule has 2 rings (SSSR count). The molecule has 4 nitrogen and oxygen atoms in total. The van der Waals surface area contributed by atoms with Gasteiger partial charge in [0.1, 0.15) is 5.76 Å². The second-order valence-corrected chi connectivity index (χ2v) is 5.78. The highest BCUT2D eigenvalue weighted by Crippen LogP contribution is 2.18. The highest BCUT2D eigenvalue weighted by molar-refractivity contribution is 5.17. The number of likely N-dealkylation sites (tertiary alicyclic amines) is 1. The second kappa shape index (κ2) is 7.08. The highest BCUT2D eigenvalue weighted by Gasteiger charge is 2.23. The average molecular weight is 266 g/mol. The number of rotatable bonds is 7. The summed E-state index contributed by atoms with van der Waals surface area (Å²) in [4.78, 5) is 2.44. The number of hydrogen-bond acceptors (Lipinski definition) is 4. The molecular formula is C15H26N2O2. The summed E-state index contributed by atoms with van der Waals surface area (Å²) >= 11 is 0. The standard InChI is InChI=1S/C15H26N2O2/c1-12(2)8-16-9-15-13(5-7-19-15)10-17-6-4-14(11-17)18-3/h5,7,12,14,16H,4,6,8-11H2,1-3H3. The first kappa shape index (κ1) is 14.6. The lowest BCUT2D eigenvalue weighted by molar-refractivity contribution is 0.107. The molecule has 108 valence electrons. The van der Waals surface area contributed by atoms with E-state index in [4.69, 9.17) is 9.15 Å². The molecule has 1 aromatic heterocycles. The van der Waals surface area contributed by atoms with Crippen molar-refractivity contribution in [3.05, 3.63) is 23.7 Å². The van der Waals surface area contributed by atoms with Crippen LogP contribution in [0, 0.1) is 5.92 Å². The number of ether oxygens (including phenoxy) is 1. The average Bonchev–Trinajstić information content (AvgIpc) is 2.99. The quantitative estimate of drug-likeness (QED) is 0.821. The van der Waals surface area contributed by atoms with E-state index in [1.807, 2.05) is 0 Å². The van der Waals surface area contributed by atoms with Crippen LogP contribution < -0.4 is 5.32 Å². The molecule has 1 saturated heterocycles. The van der Waals surface area contributed by atoms with Gasteiger partial charge in [0.05, 0.1) is 18.9 Å². The van der Waals surface area contributed by atoms with Gasteiger partial charge in [-0.05, 0) is 24.9 Å². The first-order chi connectivity index (χ1) is 9.19. The van der Waals surface area contributed by atoms with Crippen molar-refractivity contribution in [2.45, 2.75) is 39.5 Å². The SMILES string of the molecule is COC1CCN(Cc2ccoc2CNCC(C)C)C1. The van der Waals surface area contributed by atoms with Crippen molar-refractivity contribution in [3.63, 3.8) is 0 Å². The van der Waals surface area contributed by atoms with E-state index in [2.05, 4.69) is 30.1 Å². The molecule has 4 heteroatoms. The zero-order chi connectivity index (χ0) is 13.7. The van der Waals surface area contributed by atoms with Crippen molar-refractivity contribution in [2.24, 2.45) is 5.92 Å². The summed E-state index contributed by atoms with van der Waals surface area (Å²) in [7, 11) is 1.80. The Morgan fingerprint density at radius 3 is 3.05 bits per heavy atom. The maximum atomic E-state index is 5.59. The largest absolute Gasteiger partial charge is 0.468 e. The van der Waals surface area contributed by atoms with Gasteiger partial charge in [0.2, 0.25) is 0 Å². The van der Waals surface area contributed by atoms with Gasteiger partial charge in [0, 0.05) is 32.3 Å².